The van der Waals surface area contributed by atoms with Crippen LogP contribution in [0.5, 0.6) is 0 Å². The van der Waals surface area contributed by atoms with Crippen LogP contribution >= 0.6 is 11.8 Å². The van der Waals surface area contributed by atoms with E-state index in [-0.39, 0.29) is 11.9 Å². The second kappa shape index (κ2) is 9.26. The highest BCUT2D eigenvalue weighted by molar-refractivity contribution is 7.98. The van der Waals surface area contributed by atoms with E-state index in [2.05, 4.69) is 22.4 Å². The maximum absolute atomic E-state index is 12.8. The van der Waals surface area contributed by atoms with E-state index in [1.807, 2.05) is 72.8 Å². The van der Waals surface area contributed by atoms with Gasteiger partial charge in [-0.25, -0.2) is 0 Å². The van der Waals surface area contributed by atoms with Crippen LogP contribution in [0.15, 0.2) is 107 Å². The number of rotatable bonds is 7. The summed E-state index contributed by atoms with van der Waals surface area (Å²) in [6, 6.07) is 28.8. The summed E-state index contributed by atoms with van der Waals surface area (Å²) in [5, 5.41) is 3.05. The first-order valence-electron chi connectivity index (χ1n) is 9.33. The molecular weight excluding hydrogens is 380 g/mol. The summed E-state index contributed by atoms with van der Waals surface area (Å²) in [6.07, 6.45) is 1.73. The molecule has 0 radical (unpaired) electrons. The van der Waals surface area contributed by atoms with Gasteiger partial charge in [0.2, 0.25) is 0 Å². The molecule has 2 aromatic carbocycles. The zero-order valence-corrected chi connectivity index (χ0v) is 16.5. The van der Waals surface area contributed by atoms with Crippen molar-refractivity contribution in [3.63, 3.8) is 0 Å². The summed E-state index contributed by atoms with van der Waals surface area (Å²) < 4.78 is 5.79. The number of aromatic nitrogens is 1. The molecule has 4 aromatic rings. The summed E-state index contributed by atoms with van der Waals surface area (Å²) in [4.78, 5) is 18.4. The SMILES string of the molecule is O=C(NC(c1ccccc1)c1ccccn1)c1ccc(CSc2ccccc2)o1. The number of furan rings is 1. The van der Waals surface area contributed by atoms with Crippen LogP contribution in [0, 0.1) is 0 Å². The fourth-order valence-electron chi connectivity index (χ4n) is 2.97. The Morgan fingerprint density at radius 1 is 0.897 bits per heavy atom. The van der Waals surface area contributed by atoms with E-state index in [1.54, 1.807) is 24.0 Å². The molecule has 144 valence electrons. The molecule has 29 heavy (non-hydrogen) atoms. The number of benzene rings is 2. The van der Waals surface area contributed by atoms with Crippen molar-refractivity contribution >= 4 is 17.7 Å². The normalized spacial score (nSPS) is 11.7. The highest BCUT2D eigenvalue weighted by Gasteiger charge is 2.20. The van der Waals surface area contributed by atoms with Crippen molar-refractivity contribution in [1.29, 1.82) is 0 Å². The van der Waals surface area contributed by atoms with Gasteiger partial charge in [0.15, 0.2) is 5.76 Å². The Bertz CT molecular complexity index is 1010. The van der Waals surface area contributed by atoms with Crippen molar-refractivity contribution < 1.29 is 9.21 Å². The zero-order valence-electron chi connectivity index (χ0n) is 15.7. The lowest BCUT2D eigenvalue weighted by Crippen LogP contribution is -2.29. The maximum atomic E-state index is 12.8. The highest BCUT2D eigenvalue weighted by Crippen LogP contribution is 2.24. The van der Waals surface area contributed by atoms with E-state index in [9.17, 15) is 4.79 Å². The van der Waals surface area contributed by atoms with Gasteiger partial charge in [-0.1, -0.05) is 54.6 Å². The van der Waals surface area contributed by atoms with Crippen molar-refractivity contribution in [3.05, 3.63) is 120 Å². The lowest BCUT2D eigenvalue weighted by molar-refractivity contribution is 0.0913. The molecule has 5 heteroatoms. The van der Waals surface area contributed by atoms with Crippen molar-refractivity contribution in [2.24, 2.45) is 0 Å². The molecule has 1 unspecified atom stereocenters. The van der Waals surface area contributed by atoms with E-state index in [0.29, 0.717) is 11.5 Å². The predicted octanol–water partition coefficient (Wildman–Crippen LogP) is 5.49. The molecule has 0 fully saturated rings. The second-order valence-corrected chi connectivity index (χ2v) is 7.49. The van der Waals surface area contributed by atoms with Gasteiger partial charge >= 0.3 is 0 Å². The molecule has 1 atom stereocenters. The Morgan fingerprint density at radius 3 is 2.34 bits per heavy atom. The second-order valence-electron chi connectivity index (χ2n) is 6.44. The van der Waals surface area contributed by atoms with Crippen LogP contribution in [0.1, 0.15) is 33.6 Å². The average molecular weight is 401 g/mol. The number of thioether (sulfide) groups is 1. The van der Waals surface area contributed by atoms with Gasteiger partial charge in [0.1, 0.15) is 5.76 Å². The number of pyridine rings is 1. The van der Waals surface area contributed by atoms with E-state index in [1.165, 1.54) is 0 Å². The summed E-state index contributed by atoms with van der Waals surface area (Å²) in [5.41, 5.74) is 1.74. The predicted molar refractivity (Wildman–Crippen MR) is 115 cm³/mol. The van der Waals surface area contributed by atoms with Crippen LogP contribution < -0.4 is 5.32 Å². The van der Waals surface area contributed by atoms with Gasteiger partial charge in [-0.3, -0.25) is 9.78 Å². The largest absolute Gasteiger partial charge is 0.455 e. The van der Waals surface area contributed by atoms with Gasteiger partial charge < -0.3 is 9.73 Å². The molecule has 2 aromatic heterocycles. The summed E-state index contributed by atoms with van der Waals surface area (Å²) in [5.74, 6) is 1.46. The molecule has 0 aliphatic carbocycles. The van der Waals surface area contributed by atoms with Crippen molar-refractivity contribution in [2.45, 2.75) is 16.7 Å². The van der Waals surface area contributed by atoms with E-state index < -0.39 is 0 Å². The zero-order chi connectivity index (χ0) is 19.9. The summed E-state index contributed by atoms with van der Waals surface area (Å²) in [7, 11) is 0. The standard InChI is InChI=1S/C24H20N2O2S/c27-24(22-15-14-19(28-22)17-29-20-11-5-2-6-12-20)26-23(18-9-3-1-4-10-18)21-13-7-8-16-25-21/h1-16,23H,17H2,(H,26,27). The molecule has 4 rings (SSSR count). The maximum Gasteiger partial charge on any atom is 0.287 e. The number of hydrogen-bond donors (Lipinski definition) is 1. The van der Waals surface area contributed by atoms with Crippen LogP contribution in [0.4, 0.5) is 0 Å². The summed E-state index contributed by atoms with van der Waals surface area (Å²) >= 11 is 1.67. The van der Waals surface area contributed by atoms with Crippen LogP contribution in [0.25, 0.3) is 0 Å². The molecule has 1 amide bonds. The smallest absolute Gasteiger partial charge is 0.287 e. The van der Waals surface area contributed by atoms with Gasteiger partial charge in [0.25, 0.3) is 5.91 Å². The Kier molecular flexibility index (Phi) is 6.07. The highest BCUT2D eigenvalue weighted by atomic mass is 32.2. The number of nitrogens with one attached hydrogen (secondary N) is 1. The fourth-order valence-corrected chi connectivity index (χ4v) is 3.78. The molecule has 0 bridgehead atoms. The van der Waals surface area contributed by atoms with Gasteiger partial charge in [-0.05, 0) is 42.0 Å². The Morgan fingerprint density at radius 2 is 1.62 bits per heavy atom. The molecule has 1 N–H and O–H groups in total. The molecule has 0 spiro atoms. The average Bonchev–Trinajstić information content (AvgIpc) is 3.27. The van der Waals surface area contributed by atoms with E-state index in [4.69, 9.17) is 4.42 Å². The molecule has 0 saturated carbocycles. The van der Waals surface area contributed by atoms with Gasteiger partial charge in [0, 0.05) is 11.1 Å². The van der Waals surface area contributed by atoms with Gasteiger partial charge in [0.05, 0.1) is 17.5 Å². The third kappa shape index (κ3) is 4.95. The van der Waals surface area contributed by atoms with Crippen molar-refractivity contribution in [1.82, 2.24) is 10.3 Å². The molecular formula is C24H20N2O2S. The van der Waals surface area contributed by atoms with Gasteiger partial charge in [-0.2, -0.15) is 0 Å². The molecule has 0 aliphatic rings. The van der Waals surface area contributed by atoms with Crippen LogP contribution in [0.2, 0.25) is 0 Å². The molecule has 0 saturated heterocycles. The molecule has 2 heterocycles. The topological polar surface area (TPSA) is 55.1 Å². The first-order valence-corrected chi connectivity index (χ1v) is 10.3. The van der Waals surface area contributed by atoms with Gasteiger partial charge in [-0.15, -0.1) is 11.8 Å². The third-order valence-corrected chi connectivity index (χ3v) is 5.44. The number of carbonyl (C=O) groups excluding carboxylic acids is 1. The Labute approximate surface area is 174 Å². The minimum absolute atomic E-state index is 0.263. The minimum Gasteiger partial charge on any atom is -0.455 e. The minimum atomic E-state index is -0.350. The van der Waals surface area contributed by atoms with Crippen molar-refractivity contribution in [3.8, 4) is 0 Å². The number of hydrogen-bond acceptors (Lipinski definition) is 4. The first kappa shape index (κ1) is 19.0. The third-order valence-electron chi connectivity index (χ3n) is 4.40. The number of nitrogens with zero attached hydrogens (tertiary/aromatic N) is 1. The van der Waals surface area contributed by atoms with E-state index in [0.717, 1.165) is 21.9 Å². The number of amides is 1. The van der Waals surface area contributed by atoms with Crippen LogP contribution in [-0.2, 0) is 5.75 Å². The van der Waals surface area contributed by atoms with Crippen LogP contribution in [-0.4, -0.2) is 10.9 Å². The van der Waals surface area contributed by atoms with E-state index >= 15 is 0 Å². The van der Waals surface area contributed by atoms with Crippen LogP contribution in [0.3, 0.4) is 0 Å². The number of carbonyl (C=O) groups is 1. The molecule has 0 aliphatic heterocycles. The lowest BCUT2D eigenvalue weighted by Gasteiger charge is -2.18. The monoisotopic (exact) mass is 400 g/mol. The first-order chi connectivity index (χ1) is 14.3. The summed E-state index contributed by atoms with van der Waals surface area (Å²) in [6.45, 7) is 0. The Balaban J connectivity index is 1.47. The quantitative estimate of drug-likeness (QED) is 0.417. The molecule has 4 nitrogen and oxygen atoms in total. The Hall–Kier alpha value is -3.31. The fraction of sp³-hybridized carbons (Fsp3) is 0.0833. The van der Waals surface area contributed by atoms with Crippen molar-refractivity contribution in [2.75, 3.05) is 0 Å². The lowest BCUT2D eigenvalue weighted by atomic mass is 10.0.